The summed E-state index contributed by atoms with van der Waals surface area (Å²) in [5.74, 6) is 0. The number of carbonyl (C=O) groups excluding carboxylic acids is 1. The molecule has 0 fully saturated rings. The first-order chi connectivity index (χ1) is 7.54. The molecular formula is C8H8N4O4. The van der Waals surface area contributed by atoms with Crippen molar-refractivity contribution in [1.29, 1.82) is 0 Å². The Balaban J connectivity index is 2.78. The van der Waals surface area contributed by atoms with Gasteiger partial charge in [0.15, 0.2) is 0 Å². The van der Waals surface area contributed by atoms with Crippen LogP contribution in [0.2, 0.25) is 0 Å². The summed E-state index contributed by atoms with van der Waals surface area (Å²) in [6.07, 6.45) is 0. The first-order valence-corrected chi connectivity index (χ1v) is 4.18. The lowest BCUT2D eigenvalue weighted by molar-refractivity contribution is -0.384. The van der Waals surface area contributed by atoms with Crippen LogP contribution in [0.3, 0.4) is 0 Å². The lowest BCUT2D eigenvalue weighted by atomic mass is 10.2. The van der Waals surface area contributed by atoms with E-state index in [4.69, 9.17) is 5.73 Å². The van der Waals surface area contributed by atoms with Crippen molar-refractivity contribution in [2.24, 2.45) is 11.0 Å². The number of amides is 2. The molecule has 0 heterocycles. The van der Waals surface area contributed by atoms with Gasteiger partial charge in [0.25, 0.3) is 5.69 Å². The molecule has 0 spiro atoms. The van der Waals surface area contributed by atoms with Crippen LogP contribution in [0.5, 0.6) is 0 Å². The average Bonchev–Trinajstić information content (AvgIpc) is 2.26. The third-order valence-electron chi connectivity index (χ3n) is 1.83. The molecule has 0 unspecified atom stereocenters. The van der Waals surface area contributed by atoms with Gasteiger partial charge in [0.1, 0.15) is 0 Å². The Morgan fingerprint density at radius 3 is 2.38 bits per heavy atom. The quantitative estimate of drug-likeness (QED) is 0.468. The van der Waals surface area contributed by atoms with Gasteiger partial charge in [-0.15, -0.1) is 4.91 Å². The molecule has 0 atom stereocenters. The summed E-state index contributed by atoms with van der Waals surface area (Å²) in [5, 5.41) is 13.3. The fraction of sp³-hybridized carbons (Fsp3) is 0.125. The fourth-order valence-electron chi connectivity index (χ4n) is 1.04. The van der Waals surface area contributed by atoms with Crippen LogP contribution in [0, 0.1) is 15.0 Å². The number of nitro groups is 1. The normalized spacial score (nSPS) is 9.50. The van der Waals surface area contributed by atoms with E-state index in [0.29, 0.717) is 10.6 Å². The highest BCUT2D eigenvalue weighted by molar-refractivity contribution is 5.71. The van der Waals surface area contributed by atoms with Crippen molar-refractivity contribution in [3.05, 3.63) is 44.9 Å². The predicted octanol–water partition coefficient (Wildman–Crippen LogP) is 1.16. The number of nitrogens with zero attached hydrogens (tertiary/aromatic N) is 3. The highest BCUT2D eigenvalue weighted by Crippen LogP contribution is 2.13. The van der Waals surface area contributed by atoms with E-state index in [2.05, 4.69) is 5.29 Å². The smallest absolute Gasteiger partial charge is 0.338 e. The lowest BCUT2D eigenvalue weighted by Gasteiger charge is -2.09. The molecule has 16 heavy (non-hydrogen) atoms. The van der Waals surface area contributed by atoms with Crippen LogP contribution in [0.25, 0.3) is 0 Å². The van der Waals surface area contributed by atoms with E-state index < -0.39 is 11.0 Å². The van der Waals surface area contributed by atoms with Gasteiger partial charge in [-0.3, -0.25) is 10.1 Å². The van der Waals surface area contributed by atoms with Gasteiger partial charge in [-0.2, -0.15) is 5.01 Å². The van der Waals surface area contributed by atoms with Gasteiger partial charge in [-0.25, -0.2) is 4.79 Å². The number of hydrogen-bond acceptors (Lipinski definition) is 5. The van der Waals surface area contributed by atoms with Gasteiger partial charge in [0, 0.05) is 12.1 Å². The third-order valence-corrected chi connectivity index (χ3v) is 1.83. The maximum Gasteiger partial charge on any atom is 0.338 e. The Kier molecular flexibility index (Phi) is 3.49. The minimum absolute atomic E-state index is 0.0755. The second-order valence-electron chi connectivity index (χ2n) is 2.90. The van der Waals surface area contributed by atoms with E-state index in [9.17, 15) is 19.8 Å². The number of benzene rings is 1. The first kappa shape index (κ1) is 11.6. The molecule has 1 aromatic rings. The summed E-state index contributed by atoms with van der Waals surface area (Å²) in [5.41, 5.74) is 5.30. The van der Waals surface area contributed by atoms with Gasteiger partial charge in [-0.1, -0.05) is 12.1 Å². The molecule has 8 nitrogen and oxygen atoms in total. The van der Waals surface area contributed by atoms with Crippen molar-refractivity contribution < 1.29 is 9.72 Å². The maximum absolute atomic E-state index is 10.7. The number of rotatable bonds is 4. The highest BCUT2D eigenvalue weighted by Gasteiger charge is 2.11. The molecule has 0 radical (unpaired) electrons. The number of carbonyl (C=O) groups is 1. The summed E-state index contributed by atoms with van der Waals surface area (Å²) >= 11 is 0. The molecule has 0 bridgehead atoms. The van der Waals surface area contributed by atoms with E-state index in [1.807, 2.05) is 0 Å². The molecule has 0 aromatic heterocycles. The highest BCUT2D eigenvalue weighted by atomic mass is 16.6. The maximum atomic E-state index is 10.7. The number of nitro benzene ring substituents is 1. The molecule has 0 saturated carbocycles. The number of non-ortho nitro benzene ring substituents is 1. The second kappa shape index (κ2) is 4.82. The fourth-order valence-corrected chi connectivity index (χ4v) is 1.04. The molecule has 2 N–H and O–H groups in total. The monoisotopic (exact) mass is 224 g/mol. The van der Waals surface area contributed by atoms with Crippen LogP contribution in [-0.2, 0) is 6.54 Å². The summed E-state index contributed by atoms with van der Waals surface area (Å²) < 4.78 is 0. The summed E-state index contributed by atoms with van der Waals surface area (Å²) in [6.45, 7) is -0.114. The first-order valence-electron chi connectivity index (χ1n) is 4.18. The molecule has 0 aliphatic rings. The number of nitroso groups, excluding NO2 is 1. The van der Waals surface area contributed by atoms with Gasteiger partial charge in [-0.05, 0) is 5.56 Å². The van der Waals surface area contributed by atoms with E-state index in [1.54, 1.807) is 0 Å². The second-order valence-corrected chi connectivity index (χ2v) is 2.90. The minimum atomic E-state index is -0.978. The lowest BCUT2D eigenvalue weighted by Crippen LogP contribution is -2.30. The Labute approximate surface area is 89.7 Å². The van der Waals surface area contributed by atoms with Crippen molar-refractivity contribution in [3.8, 4) is 0 Å². The van der Waals surface area contributed by atoms with Crippen molar-refractivity contribution >= 4 is 11.7 Å². The van der Waals surface area contributed by atoms with Crippen molar-refractivity contribution in [3.63, 3.8) is 0 Å². The minimum Gasteiger partial charge on any atom is -0.350 e. The SMILES string of the molecule is NC(=O)N(Cc1ccc([N+](=O)[O-])cc1)N=O. The number of urea groups is 1. The van der Waals surface area contributed by atoms with Crippen LogP contribution < -0.4 is 5.73 Å². The Morgan fingerprint density at radius 2 is 2.00 bits per heavy atom. The zero-order valence-corrected chi connectivity index (χ0v) is 8.07. The molecular weight excluding hydrogens is 216 g/mol. The molecule has 84 valence electrons. The van der Waals surface area contributed by atoms with Crippen LogP contribution in [-0.4, -0.2) is 16.0 Å². The van der Waals surface area contributed by atoms with Gasteiger partial charge >= 0.3 is 6.03 Å². The summed E-state index contributed by atoms with van der Waals surface area (Å²) in [4.78, 5) is 30.7. The van der Waals surface area contributed by atoms with Crippen LogP contribution in [0.15, 0.2) is 29.6 Å². The Bertz CT molecular complexity index is 417. The molecule has 1 rings (SSSR count). The molecule has 8 heteroatoms. The molecule has 0 saturated heterocycles. The van der Waals surface area contributed by atoms with Crippen LogP contribution >= 0.6 is 0 Å². The van der Waals surface area contributed by atoms with E-state index in [0.717, 1.165) is 0 Å². The standard InChI is InChI=1S/C8H8N4O4/c9-8(13)11(10-14)5-6-1-3-7(4-2-6)12(15)16/h1-4H,5H2,(H2,9,13). The van der Waals surface area contributed by atoms with Crippen molar-refractivity contribution in [2.75, 3.05) is 0 Å². The van der Waals surface area contributed by atoms with Gasteiger partial charge in [0.2, 0.25) is 0 Å². The number of primary amides is 1. The van der Waals surface area contributed by atoms with Crippen LogP contribution in [0.1, 0.15) is 5.56 Å². The Morgan fingerprint density at radius 1 is 1.44 bits per heavy atom. The van der Waals surface area contributed by atoms with Gasteiger partial charge in [0.05, 0.1) is 16.8 Å². The zero-order chi connectivity index (χ0) is 12.1. The van der Waals surface area contributed by atoms with E-state index >= 15 is 0 Å². The number of hydrogen-bond donors (Lipinski definition) is 1. The molecule has 0 aliphatic heterocycles. The summed E-state index contributed by atoms with van der Waals surface area (Å²) in [6, 6.07) is 4.38. The van der Waals surface area contributed by atoms with Gasteiger partial charge < -0.3 is 5.73 Å². The van der Waals surface area contributed by atoms with E-state index in [1.165, 1.54) is 24.3 Å². The third kappa shape index (κ3) is 2.74. The average molecular weight is 224 g/mol. The molecule has 0 aliphatic carbocycles. The largest absolute Gasteiger partial charge is 0.350 e. The zero-order valence-electron chi connectivity index (χ0n) is 8.07. The van der Waals surface area contributed by atoms with E-state index in [-0.39, 0.29) is 12.2 Å². The van der Waals surface area contributed by atoms with Crippen LogP contribution in [0.4, 0.5) is 10.5 Å². The van der Waals surface area contributed by atoms with Crippen molar-refractivity contribution in [2.45, 2.75) is 6.54 Å². The molecule has 2 amide bonds. The Hall–Kier alpha value is -2.51. The number of nitrogens with two attached hydrogens (primary N) is 1. The van der Waals surface area contributed by atoms with Crippen molar-refractivity contribution in [1.82, 2.24) is 5.01 Å². The topological polar surface area (TPSA) is 119 Å². The predicted molar refractivity (Wildman–Crippen MR) is 54.0 cm³/mol. The summed E-state index contributed by atoms with van der Waals surface area (Å²) in [7, 11) is 0. The molecule has 1 aromatic carbocycles.